The van der Waals surface area contributed by atoms with E-state index in [1.165, 1.54) is 6.07 Å². The maximum absolute atomic E-state index is 13.1. The number of carbonyl (C=O) groups is 2. The quantitative estimate of drug-likeness (QED) is 0.245. The fraction of sp³-hybridized carbons (Fsp3) is 0.0800. The fourth-order valence-electron chi connectivity index (χ4n) is 3.42. The Hall–Kier alpha value is -4.06. The summed E-state index contributed by atoms with van der Waals surface area (Å²) >= 11 is 1.04. The number of carbonyl (C=O) groups excluding carboxylic acids is 1. The van der Waals surface area contributed by atoms with Crippen LogP contribution in [0.2, 0.25) is 0 Å². The van der Waals surface area contributed by atoms with Gasteiger partial charge in [0.05, 0.1) is 12.5 Å². The van der Waals surface area contributed by atoms with Crippen molar-refractivity contribution in [2.45, 2.75) is 16.7 Å². The average Bonchev–Trinajstić information content (AvgIpc) is 3.36. The number of pyridine rings is 1. The van der Waals surface area contributed by atoms with Crippen LogP contribution in [0.3, 0.4) is 0 Å². The van der Waals surface area contributed by atoms with Crippen LogP contribution in [0.25, 0.3) is 10.4 Å². The zero-order valence-electron chi connectivity index (χ0n) is 18.8. The van der Waals surface area contributed by atoms with Crippen molar-refractivity contribution in [3.05, 3.63) is 96.7 Å². The molecule has 0 spiro atoms. The molecule has 9 nitrogen and oxygen atoms in total. The Bertz CT molecular complexity index is 1460. The largest absolute Gasteiger partial charge is 0.481 e. The highest BCUT2D eigenvalue weighted by molar-refractivity contribution is 7.91. The van der Waals surface area contributed by atoms with Crippen molar-refractivity contribution in [2.75, 3.05) is 10.6 Å². The summed E-state index contributed by atoms with van der Waals surface area (Å²) in [5.41, 5.74) is 1.78. The number of benzene rings is 2. The summed E-state index contributed by atoms with van der Waals surface area (Å²) in [6, 6.07) is 22.5. The van der Waals surface area contributed by atoms with E-state index in [0.29, 0.717) is 27.5 Å². The number of hydrogen-bond donors (Lipinski definition) is 4. The van der Waals surface area contributed by atoms with E-state index < -0.39 is 34.5 Å². The first-order valence-corrected chi connectivity index (χ1v) is 13.1. The highest BCUT2D eigenvalue weighted by Gasteiger charge is 2.25. The lowest BCUT2D eigenvalue weighted by Crippen LogP contribution is -2.29. The smallest absolute Gasteiger partial charge is 0.324 e. The molecule has 2 aromatic heterocycles. The molecule has 2 amide bonds. The van der Waals surface area contributed by atoms with Gasteiger partial charge < -0.3 is 10.4 Å². The van der Waals surface area contributed by atoms with Gasteiger partial charge in [-0.15, -0.1) is 11.3 Å². The molecule has 0 aliphatic carbocycles. The molecular weight excluding hydrogens is 500 g/mol. The van der Waals surface area contributed by atoms with E-state index in [-0.39, 0.29) is 4.21 Å². The number of sulfonamides is 1. The molecule has 1 atom stereocenters. The molecule has 0 aliphatic heterocycles. The van der Waals surface area contributed by atoms with Crippen molar-refractivity contribution >= 4 is 44.9 Å². The van der Waals surface area contributed by atoms with Gasteiger partial charge in [0, 0.05) is 16.8 Å². The zero-order valence-corrected chi connectivity index (χ0v) is 20.4. The second-order valence-corrected chi connectivity index (χ2v) is 10.7. The third-order valence-electron chi connectivity index (χ3n) is 5.04. The summed E-state index contributed by atoms with van der Waals surface area (Å²) in [5, 5.41) is 14.6. The molecule has 0 fully saturated rings. The zero-order chi connectivity index (χ0) is 25.5. The van der Waals surface area contributed by atoms with Gasteiger partial charge in [-0.25, -0.2) is 22.9 Å². The minimum Gasteiger partial charge on any atom is -0.481 e. The van der Waals surface area contributed by atoms with Gasteiger partial charge >= 0.3 is 12.0 Å². The molecule has 4 aromatic rings. The van der Waals surface area contributed by atoms with Gasteiger partial charge in [-0.05, 0) is 47.5 Å². The van der Waals surface area contributed by atoms with Gasteiger partial charge in [-0.2, -0.15) is 0 Å². The van der Waals surface area contributed by atoms with E-state index in [2.05, 4.69) is 20.3 Å². The van der Waals surface area contributed by atoms with Crippen molar-refractivity contribution in [2.24, 2.45) is 0 Å². The predicted octanol–water partition coefficient (Wildman–Crippen LogP) is 4.95. The van der Waals surface area contributed by atoms with Gasteiger partial charge in [-0.1, -0.05) is 48.5 Å². The SMILES string of the molecule is O=C(O)CC(NS(=O)(=O)c1ccc(-c2cccc(NC(=O)Nc3ccccn3)c2)s1)c1ccccc1. The number of amides is 2. The summed E-state index contributed by atoms with van der Waals surface area (Å²) < 4.78 is 28.7. The molecule has 184 valence electrons. The summed E-state index contributed by atoms with van der Waals surface area (Å²) in [4.78, 5) is 28.3. The second-order valence-electron chi connectivity index (χ2n) is 7.68. The van der Waals surface area contributed by atoms with Crippen LogP contribution in [0, 0.1) is 0 Å². The number of nitrogens with zero attached hydrogens (tertiary/aromatic N) is 1. The van der Waals surface area contributed by atoms with E-state index in [1.807, 2.05) is 0 Å². The molecule has 0 saturated carbocycles. The Morgan fingerprint density at radius 1 is 0.917 bits per heavy atom. The molecule has 2 heterocycles. The Balaban J connectivity index is 1.49. The minimum atomic E-state index is -3.99. The Morgan fingerprint density at radius 2 is 1.69 bits per heavy atom. The molecule has 0 radical (unpaired) electrons. The standard InChI is InChI=1S/C25H22N4O5S2/c30-23(31)16-20(17-7-2-1-3-8-17)29-36(33,34)24-13-12-21(35-24)18-9-6-10-19(15-18)27-25(32)28-22-11-4-5-14-26-22/h1-15,20,29H,16H2,(H,30,31)(H2,26,27,28,32). The van der Waals surface area contributed by atoms with E-state index in [9.17, 15) is 23.1 Å². The maximum Gasteiger partial charge on any atom is 0.324 e. The lowest BCUT2D eigenvalue weighted by Gasteiger charge is -2.16. The van der Waals surface area contributed by atoms with Gasteiger partial charge in [0.25, 0.3) is 10.0 Å². The second kappa shape index (κ2) is 11.1. The number of aliphatic carboxylic acids is 1. The Kier molecular flexibility index (Phi) is 7.74. The summed E-state index contributed by atoms with van der Waals surface area (Å²) in [6.07, 6.45) is 1.17. The van der Waals surface area contributed by atoms with Crippen LogP contribution < -0.4 is 15.4 Å². The molecule has 4 rings (SSSR count). The number of urea groups is 1. The maximum atomic E-state index is 13.1. The molecular formula is C25H22N4O5S2. The highest BCUT2D eigenvalue weighted by Crippen LogP contribution is 2.33. The van der Waals surface area contributed by atoms with Crippen LogP contribution in [0.15, 0.2) is 95.3 Å². The number of thiophene rings is 1. The number of carboxylic acid groups (broad SMARTS) is 1. The normalized spacial score (nSPS) is 12.0. The van der Waals surface area contributed by atoms with E-state index >= 15 is 0 Å². The van der Waals surface area contributed by atoms with Gasteiger partial charge in [0.15, 0.2) is 0 Å². The minimum absolute atomic E-state index is 0.0510. The van der Waals surface area contributed by atoms with Crippen LogP contribution in [-0.4, -0.2) is 30.5 Å². The molecule has 11 heteroatoms. The molecule has 1 unspecified atom stereocenters. The molecule has 4 N–H and O–H groups in total. The van der Waals surface area contributed by atoms with Crippen molar-refractivity contribution in [3.63, 3.8) is 0 Å². The number of carboxylic acids is 1. The van der Waals surface area contributed by atoms with E-state index in [0.717, 1.165) is 11.3 Å². The first-order valence-electron chi connectivity index (χ1n) is 10.8. The van der Waals surface area contributed by atoms with Crippen LogP contribution in [0.5, 0.6) is 0 Å². The monoisotopic (exact) mass is 522 g/mol. The summed E-state index contributed by atoms with van der Waals surface area (Å²) in [6.45, 7) is 0. The molecule has 2 aromatic carbocycles. The number of nitrogens with one attached hydrogen (secondary N) is 3. The lowest BCUT2D eigenvalue weighted by molar-refractivity contribution is -0.137. The number of aromatic nitrogens is 1. The molecule has 0 aliphatic rings. The van der Waals surface area contributed by atoms with Crippen molar-refractivity contribution in [1.82, 2.24) is 9.71 Å². The first-order chi connectivity index (χ1) is 17.3. The number of hydrogen-bond acceptors (Lipinski definition) is 6. The molecule has 0 saturated heterocycles. The van der Waals surface area contributed by atoms with Crippen molar-refractivity contribution < 1.29 is 23.1 Å². The number of rotatable bonds is 9. The van der Waals surface area contributed by atoms with Crippen molar-refractivity contribution in [3.8, 4) is 10.4 Å². The first kappa shape index (κ1) is 25.0. The number of anilines is 2. The topological polar surface area (TPSA) is 137 Å². The van der Waals surface area contributed by atoms with Crippen LogP contribution in [0.1, 0.15) is 18.0 Å². The fourth-order valence-corrected chi connectivity index (χ4v) is 5.96. The predicted molar refractivity (Wildman–Crippen MR) is 138 cm³/mol. The highest BCUT2D eigenvalue weighted by atomic mass is 32.2. The van der Waals surface area contributed by atoms with E-state index in [4.69, 9.17) is 0 Å². The van der Waals surface area contributed by atoms with Crippen molar-refractivity contribution in [1.29, 1.82) is 0 Å². The molecule has 0 bridgehead atoms. The van der Waals surface area contributed by atoms with Crippen LogP contribution in [0.4, 0.5) is 16.3 Å². The van der Waals surface area contributed by atoms with Crippen LogP contribution >= 0.6 is 11.3 Å². The van der Waals surface area contributed by atoms with Crippen LogP contribution in [-0.2, 0) is 14.8 Å². The summed E-state index contributed by atoms with van der Waals surface area (Å²) in [5.74, 6) is -0.710. The molecule has 36 heavy (non-hydrogen) atoms. The Morgan fingerprint density at radius 3 is 2.42 bits per heavy atom. The van der Waals surface area contributed by atoms with E-state index in [1.54, 1.807) is 85.1 Å². The van der Waals surface area contributed by atoms with Gasteiger partial charge in [0.2, 0.25) is 0 Å². The average molecular weight is 523 g/mol. The van der Waals surface area contributed by atoms with Gasteiger partial charge in [-0.3, -0.25) is 10.1 Å². The lowest BCUT2D eigenvalue weighted by atomic mass is 10.1. The van der Waals surface area contributed by atoms with Gasteiger partial charge in [0.1, 0.15) is 10.0 Å². The Labute approximate surface area is 211 Å². The third kappa shape index (κ3) is 6.54. The third-order valence-corrected chi connectivity index (χ3v) is 8.13. The summed E-state index contributed by atoms with van der Waals surface area (Å²) in [7, 11) is -3.99.